The van der Waals surface area contributed by atoms with Crippen LogP contribution in [-0.2, 0) is 13.1 Å². The van der Waals surface area contributed by atoms with Crippen molar-refractivity contribution < 1.29 is 10.2 Å². The van der Waals surface area contributed by atoms with Crippen LogP contribution in [0.25, 0.3) is 43.1 Å². The van der Waals surface area contributed by atoms with E-state index in [1.165, 1.54) is 9.13 Å². The van der Waals surface area contributed by atoms with Gasteiger partial charge in [0.25, 0.3) is 11.1 Å². The molecule has 8 rings (SSSR count). The third-order valence-electron chi connectivity index (χ3n) is 9.12. The minimum atomic E-state index is -0.237. The van der Waals surface area contributed by atoms with E-state index >= 15 is 0 Å². The van der Waals surface area contributed by atoms with Crippen LogP contribution in [0.1, 0.15) is 26.7 Å². The Balaban J connectivity index is 0.993. The number of aromatic hydroxyl groups is 2. The van der Waals surface area contributed by atoms with Crippen LogP contribution < -0.4 is 21.8 Å². The van der Waals surface area contributed by atoms with Crippen LogP contribution in [-0.4, -0.2) is 56.1 Å². The molecule has 0 amide bonds. The van der Waals surface area contributed by atoms with Gasteiger partial charge in [0, 0.05) is 56.2 Å². The highest BCUT2D eigenvalue weighted by atomic mass is 16.3. The molecule has 0 fully saturated rings. The second-order valence-electron chi connectivity index (χ2n) is 12.2. The Morgan fingerprint density at radius 2 is 1.04 bits per heavy atom. The number of hydrogen-bond donors (Lipinski definition) is 2. The van der Waals surface area contributed by atoms with Gasteiger partial charge in [-0.15, -0.1) is 0 Å². The molecule has 2 aromatic heterocycles. The highest BCUT2D eigenvalue weighted by Crippen LogP contribution is 2.34. The van der Waals surface area contributed by atoms with E-state index in [2.05, 4.69) is 24.9 Å². The summed E-state index contributed by atoms with van der Waals surface area (Å²) < 4.78 is 2.88. The Kier molecular flexibility index (Phi) is 6.30. The molecule has 2 aliphatic heterocycles. The molecule has 0 bridgehead atoms. The third kappa shape index (κ3) is 4.15. The molecule has 6 aromatic rings. The average molecular weight is 614 g/mol. The van der Waals surface area contributed by atoms with Gasteiger partial charge in [0.15, 0.2) is 0 Å². The lowest BCUT2D eigenvalue weighted by Crippen LogP contribution is -2.27. The summed E-state index contributed by atoms with van der Waals surface area (Å²) in [6.45, 7) is 5.67. The van der Waals surface area contributed by atoms with Crippen molar-refractivity contribution >= 4 is 66.1 Å². The van der Waals surface area contributed by atoms with Crippen molar-refractivity contribution in [2.75, 3.05) is 20.1 Å². The smallest absolute Gasteiger partial charge is 0.261 e. The Morgan fingerprint density at radius 1 is 0.630 bits per heavy atom. The Morgan fingerprint density at radius 3 is 1.48 bits per heavy atom. The first kappa shape index (κ1) is 28.1. The van der Waals surface area contributed by atoms with Crippen LogP contribution in [0.4, 0.5) is 11.4 Å². The van der Waals surface area contributed by atoms with E-state index < -0.39 is 0 Å². The summed E-state index contributed by atoms with van der Waals surface area (Å²) in [4.78, 5) is 47.2. The molecule has 0 saturated carbocycles. The van der Waals surface area contributed by atoms with Gasteiger partial charge in [-0.05, 0) is 71.1 Å². The number of hydrogen-bond acceptors (Lipinski definition) is 9. The lowest BCUT2D eigenvalue weighted by Gasteiger charge is -2.19. The summed E-state index contributed by atoms with van der Waals surface area (Å²) in [6.07, 6.45) is 1.25. The van der Waals surface area contributed by atoms with Crippen molar-refractivity contribution in [3.63, 3.8) is 0 Å². The van der Waals surface area contributed by atoms with E-state index in [1.807, 2.05) is 57.3 Å². The van der Waals surface area contributed by atoms with Gasteiger partial charge in [-0.1, -0.05) is 24.3 Å². The molecular formula is C35H31N7O4. The Hall–Kier alpha value is -5.42. The zero-order chi connectivity index (χ0) is 31.9. The van der Waals surface area contributed by atoms with Gasteiger partial charge in [0.1, 0.15) is 11.7 Å². The van der Waals surface area contributed by atoms with Crippen molar-refractivity contribution in [3.8, 4) is 11.8 Å². The minimum Gasteiger partial charge on any atom is -0.494 e. The summed E-state index contributed by atoms with van der Waals surface area (Å²) >= 11 is 0. The number of aromatic nitrogens is 2. The van der Waals surface area contributed by atoms with Gasteiger partial charge in [-0.25, -0.2) is 20.0 Å². The number of rotatable bonds is 8. The summed E-state index contributed by atoms with van der Waals surface area (Å²) in [5.74, 6) is 1.16. The third-order valence-corrected chi connectivity index (χ3v) is 9.12. The minimum absolute atomic E-state index is 0.0657. The lowest BCUT2D eigenvalue weighted by atomic mass is 10.0. The summed E-state index contributed by atoms with van der Waals surface area (Å²) in [5, 5.41) is 29.2. The fraction of sp³-hybridized carbons (Fsp3) is 0.257. The standard InChI is InChI=1S/C35H31N7O4/c1-18-36-26-16-24-28-20(30(26)38-18)8-4-10-22(28)32(43)41(34(24)45)14-6-12-40(3)13-7-15-42-33(44)23-11-5-9-21-29(23)25(35(42)46)17-27-31(21)39-19(2)37-27/h4-5,8-11,16-17,45-46H,6-7,12-15H2,1-3H3. The largest absolute Gasteiger partial charge is 0.494 e. The number of aliphatic imine (C=N–C) groups is 2. The topological polar surface area (TPSA) is 137 Å². The van der Waals surface area contributed by atoms with Gasteiger partial charge in [-0.2, -0.15) is 0 Å². The predicted molar refractivity (Wildman–Crippen MR) is 181 cm³/mol. The Bertz CT molecular complexity index is 2420. The van der Waals surface area contributed by atoms with Crippen LogP contribution in [0.3, 0.4) is 0 Å². The quantitative estimate of drug-likeness (QED) is 0.265. The maximum absolute atomic E-state index is 13.5. The maximum atomic E-state index is 13.5. The number of pyridine rings is 2. The van der Waals surface area contributed by atoms with Crippen LogP contribution in [0.2, 0.25) is 0 Å². The van der Waals surface area contributed by atoms with Gasteiger partial charge >= 0.3 is 0 Å². The zero-order valence-corrected chi connectivity index (χ0v) is 25.7. The highest BCUT2D eigenvalue weighted by molar-refractivity contribution is 6.14. The van der Waals surface area contributed by atoms with E-state index in [9.17, 15) is 19.8 Å². The number of fused-ring (bicyclic) bond motifs is 4. The monoisotopic (exact) mass is 613 g/mol. The van der Waals surface area contributed by atoms with Crippen molar-refractivity contribution in [3.05, 3.63) is 80.0 Å². The molecule has 0 unspecified atom stereocenters. The second-order valence-corrected chi connectivity index (χ2v) is 12.2. The molecule has 0 atom stereocenters. The maximum Gasteiger partial charge on any atom is 0.261 e. The number of benzene rings is 4. The highest BCUT2D eigenvalue weighted by Gasteiger charge is 2.21. The van der Waals surface area contributed by atoms with E-state index in [1.54, 1.807) is 12.1 Å². The fourth-order valence-electron chi connectivity index (χ4n) is 7.05. The molecule has 2 N–H and O–H groups in total. The molecule has 4 heterocycles. The van der Waals surface area contributed by atoms with Crippen molar-refractivity contribution in [2.45, 2.75) is 39.8 Å². The van der Waals surface area contributed by atoms with E-state index in [4.69, 9.17) is 0 Å². The average Bonchev–Trinajstić information content (AvgIpc) is 3.62. The zero-order valence-electron chi connectivity index (χ0n) is 25.7. The number of amidine groups is 2. The molecule has 46 heavy (non-hydrogen) atoms. The van der Waals surface area contributed by atoms with Gasteiger partial charge in [0.2, 0.25) is 11.8 Å². The van der Waals surface area contributed by atoms with Crippen molar-refractivity contribution in [2.24, 2.45) is 20.0 Å². The van der Waals surface area contributed by atoms with Gasteiger partial charge < -0.3 is 15.1 Å². The first-order chi connectivity index (χ1) is 22.2. The first-order valence-electron chi connectivity index (χ1n) is 15.4. The molecule has 0 aliphatic carbocycles. The SMILES string of the molecule is CC1=Nc2cc3c(O)n(CCCN(C)CCCn4c(O)c5cc6c(c7cccc(c4=O)c57)=NC(C)=N6)c(=O)c4cccc(c2=N1)c34. The lowest BCUT2D eigenvalue weighted by molar-refractivity contribution is 0.300. The van der Waals surface area contributed by atoms with Gasteiger partial charge in [-0.3, -0.25) is 18.7 Å². The summed E-state index contributed by atoms with van der Waals surface area (Å²) in [7, 11) is 1.98. The normalized spacial score (nSPS) is 13.9. The van der Waals surface area contributed by atoms with E-state index in [0.29, 0.717) is 94.4 Å². The van der Waals surface area contributed by atoms with Crippen molar-refractivity contribution in [1.82, 2.24) is 14.0 Å². The van der Waals surface area contributed by atoms with E-state index in [-0.39, 0.29) is 22.9 Å². The second kappa shape index (κ2) is 10.3. The molecule has 0 saturated heterocycles. The predicted octanol–water partition coefficient (Wildman–Crippen LogP) is 4.25. The van der Waals surface area contributed by atoms with Crippen LogP contribution in [0.15, 0.2) is 78.1 Å². The number of nitrogens with zero attached hydrogens (tertiary/aromatic N) is 7. The molecule has 0 radical (unpaired) electrons. The first-order valence-corrected chi connectivity index (χ1v) is 15.4. The molecule has 4 aromatic carbocycles. The molecular weight excluding hydrogens is 582 g/mol. The molecule has 11 heteroatoms. The van der Waals surface area contributed by atoms with Gasteiger partial charge in [0.05, 0.1) is 22.1 Å². The summed E-state index contributed by atoms with van der Waals surface area (Å²) in [5.41, 5.74) is 0.908. The van der Waals surface area contributed by atoms with Crippen LogP contribution in [0, 0.1) is 0 Å². The summed E-state index contributed by atoms with van der Waals surface area (Å²) in [6, 6.07) is 14.7. The fourth-order valence-corrected chi connectivity index (χ4v) is 7.05. The van der Waals surface area contributed by atoms with Crippen LogP contribution in [0.5, 0.6) is 11.8 Å². The Labute approximate surface area is 261 Å². The van der Waals surface area contributed by atoms with Crippen molar-refractivity contribution in [1.29, 1.82) is 0 Å². The van der Waals surface area contributed by atoms with Crippen LogP contribution >= 0.6 is 0 Å². The van der Waals surface area contributed by atoms with E-state index in [0.717, 1.165) is 21.5 Å². The molecule has 230 valence electrons. The molecule has 2 aliphatic rings. The molecule has 0 spiro atoms. The molecule has 11 nitrogen and oxygen atoms in total.